The van der Waals surface area contributed by atoms with Crippen LogP contribution in [0.15, 0.2) is 12.5 Å². The van der Waals surface area contributed by atoms with Crippen LogP contribution in [-0.4, -0.2) is 27.8 Å². The highest BCUT2D eigenvalue weighted by molar-refractivity contribution is 5.85. The van der Waals surface area contributed by atoms with Crippen molar-refractivity contribution >= 4 is 12.2 Å². The summed E-state index contributed by atoms with van der Waals surface area (Å²) in [6.07, 6.45) is 4.93. The number of aryl methyl sites for hydroxylation is 1. The summed E-state index contributed by atoms with van der Waals surface area (Å²) in [4.78, 5) is 25.9. The lowest BCUT2D eigenvalue weighted by Crippen LogP contribution is -2.37. The van der Waals surface area contributed by atoms with E-state index >= 15 is 0 Å². The largest absolute Gasteiger partial charge is 0.348 e. The number of rotatable bonds is 6. The lowest BCUT2D eigenvalue weighted by Gasteiger charge is -2.11. The van der Waals surface area contributed by atoms with Gasteiger partial charge in [-0.3, -0.25) is 9.59 Å². The summed E-state index contributed by atoms with van der Waals surface area (Å²) >= 11 is 0. The van der Waals surface area contributed by atoms with Crippen LogP contribution in [0.25, 0.3) is 0 Å². The summed E-state index contributed by atoms with van der Waals surface area (Å²) in [7, 11) is 1.86. The summed E-state index contributed by atoms with van der Waals surface area (Å²) in [5.74, 6) is 0.0211. The number of nitrogens with zero attached hydrogens (tertiary/aromatic N) is 2. The topological polar surface area (TPSA) is 64.0 Å². The SMILES string of the molecule is CCC(=O)[C@H](Cc1cn(C)cn1)NC=O. The maximum Gasteiger partial charge on any atom is 0.207 e. The molecule has 0 aliphatic rings. The van der Waals surface area contributed by atoms with Crippen LogP contribution in [0, 0.1) is 0 Å². The Hall–Kier alpha value is -1.65. The Bertz CT molecular complexity index is 346. The first-order valence-electron chi connectivity index (χ1n) is 4.86. The Balaban J connectivity index is 2.65. The van der Waals surface area contributed by atoms with E-state index in [9.17, 15) is 9.59 Å². The van der Waals surface area contributed by atoms with E-state index in [1.165, 1.54) is 0 Å². The zero-order chi connectivity index (χ0) is 11.3. The van der Waals surface area contributed by atoms with Crippen LogP contribution in [0.3, 0.4) is 0 Å². The van der Waals surface area contributed by atoms with Gasteiger partial charge in [-0.25, -0.2) is 4.98 Å². The lowest BCUT2D eigenvalue weighted by molar-refractivity contribution is -0.123. The van der Waals surface area contributed by atoms with E-state index in [4.69, 9.17) is 0 Å². The van der Waals surface area contributed by atoms with E-state index in [0.29, 0.717) is 19.3 Å². The Morgan fingerprint density at radius 2 is 2.47 bits per heavy atom. The lowest BCUT2D eigenvalue weighted by atomic mass is 10.1. The Kier molecular flexibility index (Phi) is 4.03. The fourth-order valence-electron chi connectivity index (χ4n) is 1.38. The van der Waals surface area contributed by atoms with Gasteiger partial charge in [-0.05, 0) is 0 Å². The molecular formula is C10H15N3O2. The van der Waals surface area contributed by atoms with E-state index in [2.05, 4.69) is 10.3 Å². The average molecular weight is 209 g/mol. The molecule has 0 saturated carbocycles. The monoisotopic (exact) mass is 209 g/mol. The molecule has 1 N–H and O–H groups in total. The third-order valence-corrected chi connectivity index (χ3v) is 2.18. The second-order valence-electron chi connectivity index (χ2n) is 3.39. The van der Waals surface area contributed by atoms with Gasteiger partial charge in [-0.15, -0.1) is 0 Å². The second kappa shape index (κ2) is 5.29. The smallest absolute Gasteiger partial charge is 0.207 e. The number of carbonyl (C=O) groups excluding carboxylic acids is 2. The number of Topliss-reactive ketones (excluding diaryl/α,β-unsaturated/α-hetero) is 1. The van der Waals surface area contributed by atoms with Gasteiger partial charge in [0.1, 0.15) is 0 Å². The first kappa shape index (κ1) is 11.4. The third kappa shape index (κ3) is 3.19. The molecule has 15 heavy (non-hydrogen) atoms. The highest BCUT2D eigenvalue weighted by Crippen LogP contribution is 2.02. The second-order valence-corrected chi connectivity index (χ2v) is 3.39. The molecule has 0 saturated heterocycles. The van der Waals surface area contributed by atoms with Crippen molar-refractivity contribution in [2.45, 2.75) is 25.8 Å². The molecule has 0 aliphatic carbocycles. The first-order chi connectivity index (χ1) is 7.17. The Morgan fingerprint density at radius 3 is 2.93 bits per heavy atom. The molecule has 5 nitrogen and oxygen atoms in total. The minimum absolute atomic E-state index is 0.0211. The number of aromatic nitrogens is 2. The number of hydrogen-bond donors (Lipinski definition) is 1. The van der Waals surface area contributed by atoms with E-state index in [1.807, 2.05) is 17.8 Å². The Labute approximate surface area is 88.5 Å². The minimum Gasteiger partial charge on any atom is -0.348 e. The fourth-order valence-corrected chi connectivity index (χ4v) is 1.38. The van der Waals surface area contributed by atoms with Crippen molar-refractivity contribution in [2.24, 2.45) is 7.05 Å². The quantitative estimate of drug-likeness (QED) is 0.674. The molecule has 1 aromatic heterocycles. The highest BCUT2D eigenvalue weighted by Gasteiger charge is 2.17. The summed E-state index contributed by atoms with van der Waals surface area (Å²) in [6.45, 7) is 1.78. The van der Waals surface area contributed by atoms with Gasteiger partial charge in [0.2, 0.25) is 6.41 Å². The molecule has 0 spiro atoms. The zero-order valence-corrected chi connectivity index (χ0v) is 8.93. The number of nitrogens with one attached hydrogen (secondary N) is 1. The van der Waals surface area contributed by atoms with Gasteiger partial charge in [-0.1, -0.05) is 6.92 Å². The van der Waals surface area contributed by atoms with E-state index in [1.54, 1.807) is 13.3 Å². The number of hydrogen-bond acceptors (Lipinski definition) is 3. The predicted octanol–water partition coefficient (Wildman–Crippen LogP) is 0.0563. The molecule has 1 amide bonds. The van der Waals surface area contributed by atoms with Gasteiger partial charge in [0.15, 0.2) is 5.78 Å². The Morgan fingerprint density at radius 1 is 1.73 bits per heavy atom. The molecule has 1 rings (SSSR count). The van der Waals surface area contributed by atoms with E-state index in [0.717, 1.165) is 5.69 Å². The molecule has 0 bridgehead atoms. The third-order valence-electron chi connectivity index (χ3n) is 2.18. The normalized spacial score (nSPS) is 12.1. The van der Waals surface area contributed by atoms with Crippen LogP contribution in [-0.2, 0) is 23.1 Å². The van der Waals surface area contributed by atoms with Crippen molar-refractivity contribution in [2.75, 3.05) is 0 Å². The van der Waals surface area contributed by atoms with Gasteiger partial charge in [-0.2, -0.15) is 0 Å². The first-order valence-corrected chi connectivity index (χ1v) is 4.86. The average Bonchev–Trinajstić information content (AvgIpc) is 2.62. The van der Waals surface area contributed by atoms with Crippen LogP contribution >= 0.6 is 0 Å². The van der Waals surface area contributed by atoms with Gasteiger partial charge in [0.05, 0.1) is 18.1 Å². The van der Waals surface area contributed by atoms with Crippen LogP contribution in [0.4, 0.5) is 0 Å². The molecule has 0 aliphatic heterocycles. The molecule has 5 heteroatoms. The van der Waals surface area contributed by atoms with Crippen LogP contribution < -0.4 is 5.32 Å². The van der Waals surface area contributed by atoms with Gasteiger partial charge in [0.25, 0.3) is 0 Å². The molecule has 0 fully saturated rings. The molecule has 0 unspecified atom stereocenters. The summed E-state index contributed by atoms with van der Waals surface area (Å²) in [5.41, 5.74) is 0.804. The van der Waals surface area contributed by atoms with Crippen LogP contribution in [0.1, 0.15) is 19.0 Å². The van der Waals surface area contributed by atoms with Crippen molar-refractivity contribution in [3.8, 4) is 0 Å². The minimum atomic E-state index is -0.456. The van der Waals surface area contributed by atoms with Gasteiger partial charge in [0, 0.05) is 26.1 Å². The maximum absolute atomic E-state index is 11.5. The van der Waals surface area contributed by atoms with Crippen LogP contribution in [0.2, 0.25) is 0 Å². The van der Waals surface area contributed by atoms with Crippen molar-refractivity contribution in [1.82, 2.24) is 14.9 Å². The zero-order valence-electron chi connectivity index (χ0n) is 8.93. The molecule has 1 aromatic rings. The number of imidazole rings is 1. The molecule has 0 radical (unpaired) electrons. The number of amides is 1. The van der Waals surface area contributed by atoms with E-state index in [-0.39, 0.29) is 5.78 Å². The maximum atomic E-state index is 11.5. The number of ketones is 1. The predicted molar refractivity (Wildman–Crippen MR) is 55.2 cm³/mol. The molecule has 1 heterocycles. The summed E-state index contributed by atoms with van der Waals surface area (Å²) in [5, 5.41) is 2.51. The molecular weight excluding hydrogens is 194 g/mol. The summed E-state index contributed by atoms with van der Waals surface area (Å²) < 4.78 is 1.81. The highest BCUT2D eigenvalue weighted by atomic mass is 16.1. The molecule has 0 aromatic carbocycles. The molecule has 82 valence electrons. The van der Waals surface area contributed by atoms with Crippen molar-refractivity contribution in [1.29, 1.82) is 0 Å². The number of carbonyl (C=O) groups is 2. The van der Waals surface area contributed by atoms with Crippen molar-refractivity contribution < 1.29 is 9.59 Å². The molecule has 1 atom stereocenters. The fraction of sp³-hybridized carbons (Fsp3) is 0.500. The van der Waals surface area contributed by atoms with E-state index < -0.39 is 6.04 Å². The van der Waals surface area contributed by atoms with Gasteiger partial charge >= 0.3 is 0 Å². The van der Waals surface area contributed by atoms with Gasteiger partial charge < -0.3 is 9.88 Å². The summed E-state index contributed by atoms with van der Waals surface area (Å²) in [6, 6.07) is -0.456. The standard InChI is InChI=1S/C10H15N3O2/c1-3-10(15)9(12-7-14)4-8-5-13(2)6-11-8/h5-7,9H,3-4H2,1-2H3,(H,12,14)/t9-/m0/s1. The van der Waals surface area contributed by atoms with Crippen LogP contribution in [0.5, 0.6) is 0 Å². The van der Waals surface area contributed by atoms with Crippen molar-refractivity contribution in [3.05, 3.63) is 18.2 Å². The van der Waals surface area contributed by atoms with Crippen molar-refractivity contribution in [3.63, 3.8) is 0 Å².